The van der Waals surface area contributed by atoms with Crippen LogP contribution < -0.4 is 5.56 Å². The van der Waals surface area contributed by atoms with Crippen LogP contribution in [-0.4, -0.2) is 99.4 Å². The second-order valence-corrected chi connectivity index (χ2v) is 9.21. The van der Waals surface area contributed by atoms with Crippen LogP contribution in [0.1, 0.15) is 30.8 Å². The van der Waals surface area contributed by atoms with E-state index in [9.17, 15) is 9.59 Å². The number of nitrogens with one attached hydrogen (secondary N) is 1. The Kier molecular flexibility index (Phi) is 7.21. The number of hydrogen-bond acceptors (Lipinski definition) is 7. The van der Waals surface area contributed by atoms with E-state index in [2.05, 4.69) is 26.9 Å². The number of piperazine rings is 1. The lowest BCUT2D eigenvalue weighted by molar-refractivity contribution is -0.137. The predicted molar refractivity (Wildman–Crippen MR) is 132 cm³/mol. The third kappa shape index (κ3) is 5.14. The van der Waals surface area contributed by atoms with E-state index in [1.807, 2.05) is 35.2 Å². The van der Waals surface area contributed by atoms with E-state index in [-0.39, 0.29) is 17.5 Å². The van der Waals surface area contributed by atoms with Crippen molar-refractivity contribution in [3.05, 3.63) is 58.3 Å². The van der Waals surface area contributed by atoms with Gasteiger partial charge in [0, 0.05) is 39.3 Å². The summed E-state index contributed by atoms with van der Waals surface area (Å²) in [6.45, 7) is 8.89. The Hall–Kier alpha value is -3.08. The van der Waals surface area contributed by atoms with Gasteiger partial charge in [-0.05, 0) is 12.0 Å². The average molecular weight is 480 g/mol. The molecule has 10 heteroatoms. The number of ether oxygens (including phenoxy) is 1. The first-order valence-corrected chi connectivity index (χ1v) is 12.4. The maximum Gasteiger partial charge on any atom is 0.265 e. The fourth-order valence-corrected chi connectivity index (χ4v) is 5.06. The normalized spacial score (nSPS) is 18.7. The second-order valence-electron chi connectivity index (χ2n) is 9.21. The van der Waals surface area contributed by atoms with E-state index in [1.54, 1.807) is 10.8 Å². The first-order valence-electron chi connectivity index (χ1n) is 12.4. The molecule has 10 nitrogen and oxygen atoms in total. The summed E-state index contributed by atoms with van der Waals surface area (Å²) in [7, 11) is 0. The molecule has 0 saturated carbocycles. The van der Waals surface area contributed by atoms with Crippen LogP contribution >= 0.6 is 0 Å². The van der Waals surface area contributed by atoms with Crippen LogP contribution in [-0.2, 0) is 16.1 Å². The second kappa shape index (κ2) is 10.7. The lowest BCUT2D eigenvalue weighted by Crippen LogP contribution is -2.52. The van der Waals surface area contributed by atoms with Gasteiger partial charge in [-0.2, -0.15) is 5.10 Å². The van der Waals surface area contributed by atoms with Crippen molar-refractivity contribution >= 4 is 16.9 Å². The Morgan fingerprint density at radius 3 is 2.54 bits per heavy atom. The Bertz CT molecular complexity index is 1190. The smallest absolute Gasteiger partial charge is 0.265 e. The van der Waals surface area contributed by atoms with Crippen molar-refractivity contribution in [2.75, 3.05) is 59.0 Å². The van der Waals surface area contributed by atoms with E-state index in [1.165, 1.54) is 0 Å². The largest absolute Gasteiger partial charge is 0.378 e. The molecule has 2 aliphatic rings. The highest BCUT2D eigenvalue weighted by Crippen LogP contribution is 2.25. The van der Waals surface area contributed by atoms with Crippen molar-refractivity contribution in [2.24, 2.45) is 0 Å². The molecule has 0 bridgehead atoms. The topological polar surface area (TPSA) is 99.6 Å². The van der Waals surface area contributed by atoms with Crippen LogP contribution in [0.4, 0.5) is 0 Å². The molecule has 1 unspecified atom stereocenters. The zero-order valence-electron chi connectivity index (χ0n) is 20.2. The summed E-state index contributed by atoms with van der Waals surface area (Å²) in [6, 6.07) is 10.00. The van der Waals surface area contributed by atoms with Crippen molar-refractivity contribution in [2.45, 2.75) is 25.9 Å². The monoisotopic (exact) mass is 479 g/mol. The summed E-state index contributed by atoms with van der Waals surface area (Å²) in [4.78, 5) is 37.5. The predicted octanol–water partition coefficient (Wildman–Crippen LogP) is 1.10. The number of morpholine rings is 1. The third-order valence-corrected chi connectivity index (χ3v) is 7.04. The van der Waals surface area contributed by atoms with Crippen LogP contribution in [0, 0.1) is 0 Å². The Balaban J connectivity index is 1.34. The molecule has 0 spiro atoms. The van der Waals surface area contributed by atoms with Crippen molar-refractivity contribution < 1.29 is 9.53 Å². The first kappa shape index (κ1) is 23.7. The Labute approximate surface area is 204 Å². The molecule has 2 aliphatic heterocycles. The number of carbonyl (C=O) groups is 1. The summed E-state index contributed by atoms with van der Waals surface area (Å²) in [5.74, 6) is 0.938. The van der Waals surface area contributed by atoms with E-state index >= 15 is 0 Å². The van der Waals surface area contributed by atoms with Gasteiger partial charge in [0.25, 0.3) is 5.56 Å². The van der Waals surface area contributed by atoms with E-state index < -0.39 is 0 Å². The lowest BCUT2D eigenvalue weighted by atomic mass is 10.1. The zero-order valence-corrected chi connectivity index (χ0v) is 20.2. The Morgan fingerprint density at radius 2 is 1.83 bits per heavy atom. The standard InChI is InChI=1S/C25H33N7O3/c1-2-21(30-10-8-29(9-11-30)18-22(33)31-12-14-35-15-13-31)24-27-23-20(16-26-28-23)25(34)32(24)17-19-6-4-3-5-7-19/h3-7,16,21H,2,8-15,17-18H2,1H3,(H,26,28). The van der Waals surface area contributed by atoms with Gasteiger partial charge in [0.2, 0.25) is 5.91 Å². The summed E-state index contributed by atoms with van der Waals surface area (Å²) in [6.07, 6.45) is 2.38. The first-order chi connectivity index (χ1) is 17.1. The molecule has 1 atom stereocenters. The molecule has 0 radical (unpaired) electrons. The van der Waals surface area contributed by atoms with Crippen molar-refractivity contribution in [1.82, 2.24) is 34.4 Å². The summed E-state index contributed by atoms with van der Waals surface area (Å²) >= 11 is 0. The minimum Gasteiger partial charge on any atom is -0.378 e. The molecule has 1 N–H and O–H groups in total. The van der Waals surface area contributed by atoms with Crippen LogP contribution in [0.15, 0.2) is 41.3 Å². The fourth-order valence-electron chi connectivity index (χ4n) is 5.06. The number of H-pyrrole nitrogens is 1. The summed E-state index contributed by atoms with van der Waals surface area (Å²) < 4.78 is 7.16. The molecular formula is C25H33N7O3. The van der Waals surface area contributed by atoms with Gasteiger partial charge in [-0.1, -0.05) is 37.3 Å². The zero-order chi connectivity index (χ0) is 24.2. The molecule has 1 aromatic carbocycles. The molecule has 186 valence electrons. The van der Waals surface area contributed by atoms with Gasteiger partial charge in [-0.25, -0.2) is 4.98 Å². The molecule has 3 aromatic rings. The fraction of sp³-hybridized carbons (Fsp3) is 0.520. The van der Waals surface area contributed by atoms with Gasteiger partial charge < -0.3 is 9.64 Å². The van der Waals surface area contributed by atoms with Gasteiger partial charge in [-0.15, -0.1) is 0 Å². The number of nitrogens with zero attached hydrogens (tertiary/aromatic N) is 6. The van der Waals surface area contributed by atoms with Crippen molar-refractivity contribution in [3.8, 4) is 0 Å². The third-order valence-electron chi connectivity index (χ3n) is 7.04. The lowest BCUT2D eigenvalue weighted by Gasteiger charge is -2.39. The number of amides is 1. The molecule has 5 rings (SSSR count). The van der Waals surface area contributed by atoms with E-state index in [4.69, 9.17) is 9.72 Å². The highest BCUT2D eigenvalue weighted by atomic mass is 16.5. The summed E-state index contributed by atoms with van der Waals surface area (Å²) in [5, 5.41) is 7.45. The van der Waals surface area contributed by atoms with Gasteiger partial charge >= 0.3 is 0 Å². The highest BCUT2D eigenvalue weighted by molar-refractivity contribution is 5.78. The van der Waals surface area contributed by atoms with Gasteiger partial charge in [-0.3, -0.25) is 29.1 Å². The molecule has 2 saturated heterocycles. The molecule has 35 heavy (non-hydrogen) atoms. The summed E-state index contributed by atoms with van der Waals surface area (Å²) in [5.41, 5.74) is 1.51. The molecule has 2 fully saturated rings. The number of hydrogen-bond donors (Lipinski definition) is 1. The van der Waals surface area contributed by atoms with Gasteiger partial charge in [0.1, 0.15) is 11.2 Å². The van der Waals surface area contributed by atoms with E-state index in [0.29, 0.717) is 50.4 Å². The number of carbonyl (C=O) groups excluding carboxylic acids is 1. The number of rotatable bonds is 7. The average Bonchev–Trinajstić information content (AvgIpc) is 3.38. The maximum absolute atomic E-state index is 13.4. The molecular weight excluding hydrogens is 446 g/mol. The quantitative estimate of drug-likeness (QED) is 0.542. The minimum absolute atomic E-state index is 0.00351. The number of benzene rings is 1. The van der Waals surface area contributed by atoms with Crippen LogP contribution in [0.5, 0.6) is 0 Å². The number of aromatic amines is 1. The van der Waals surface area contributed by atoms with Crippen LogP contribution in [0.2, 0.25) is 0 Å². The highest BCUT2D eigenvalue weighted by Gasteiger charge is 2.29. The van der Waals surface area contributed by atoms with Crippen LogP contribution in [0.3, 0.4) is 0 Å². The molecule has 0 aliphatic carbocycles. The van der Waals surface area contributed by atoms with Crippen LogP contribution in [0.25, 0.3) is 11.0 Å². The number of fused-ring (bicyclic) bond motifs is 1. The minimum atomic E-state index is -0.0733. The molecule has 1 amide bonds. The Morgan fingerprint density at radius 1 is 1.09 bits per heavy atom. The van der Waals surface area contributed by atoms with Gasteiger partial charge in [0.15, 0.2) is 5.65 Å². The van der Waals surface area contributed by atoms with Gasteiger partial charge in [0.05, 0.1) is 38.5 Å². The van der Waals surface area contributed by atoms with Crippen molar-refractivity contribution in [3.63, 3.8) is 0 Å². The van der Waals surface area contributed by atoms with Crippen molar-refractivity contribution in [1.29, 1.82) is 0 Å². The number of aromatic nitrogens is 4. The van der Waals surface area contributed by atoms with E-state index in [0.717, 1.165) is 44.0 Å². The SMILES string of the molecule is CCC(c1nc2[nH]ncc2c(=O)n1Cc1ccccc1)N1CCN(CC(=O)N2CCOCC2)CC1. The maximum atomic E-state index is 13.4. The molecule has 2 aromatic heterocycles. The molecule has 4 heterocycles.